The van der Waals surface area contributed by atoms with E-state index in [1.807, 2.05) is 20.1 Å². The zero-order valence-corrected chi connectivity index (χ0v) is 7.75. The summed E-state index contributed by atoms with van der Waals surface area (Å²) in [6.07, 6.45) is 6.57. The third-order valence-corrected chi connectivity index (χ3v) is 2.53. The van der Waals surface area contributed by atoms with Crippen molar-refractivity contribution < 1.29 is 9.47 Å². The second-order valence-corrected chi connectivity index (χ2v) is 3.98. The summed E-state index contributed by atoms with van der Waals surface area (Å²) in [5, 5.41) is 0. The molecule has 0 N–H and O–H groups in total. The number of hydrogen-bond acceptors (Lipinski definition) is 2. The van der Waals surface area contributed by atoms with Crippen LogP contribution in [-0.2, 0) is 9.47 Å². The van der Waals surface area contributed by atoms with Crippen molar-refractivity contribution in [2.45, 2.75) is 51.4 Å². The Labute approximate surface area is 73.5 Å². The maximum Gasteiger partial charge on any atom is 0.126 e. The number of hydrogen-bond donors (Lipinski definition) is 0. The van der Waals surface area contributed by atoms with Gasteiger partial charge in [0.25, 0.3) is 0 Å². The van der Waals surface area contributed by atoms with Crippen LogP contribution < -0.4 is 0 Å². The Balaban J connectivity index is 1.87. The topological polar surface area (TPSA) is 18.5 Å². The van der Waals surface area contributed by atoms with Gasteiger partial charge in [-0.15, -0.1) is 0 Å². The van der Waals surface area contributed by atoms with E-state index in [-0.39, 0.29) is 0 Å². The molecule has 0 aromatic heterocycles. The van der Waals surface area contributed by atoms with Gasteiger partial charge >= 0.3 is 0 Å². The molecule has 2 rings (SSSR count). The minimum Gasteiger partial charge on any atom is -0.495 e. The quantitative estimate of drug-likeness (QED) is 0.589. The number of allylic oxidation sites excluding steroid dienone is 1. The maximum atomic E-state index is 5.66. The van der Waals surface area contributed by atoms with Gasteiger partial charge in [0.15, 0.2) is 0 Å². The molecule has 2 heterocycles. The second-order valence-electron chi connectivity index (χ2n) is 3.98. The zero-order valence-electron chi connectivity index (χ0n) is 7.75. The normalized spacial score (nSPS) is 38.3. The molecule has 2 saturated heterocycles. The van der Waals surface area contributed by atoms with E-state index in [1.54, 1.807) is 0 Å². The number of fused-ring (bicyclic) bond motifs is 2. The van der Waals surface area contributed by atoms with E-state index in [1.165, 1.54) is 18.4 Å². The monoisotopic (exact) mass is 168 g/mol. The van der Waals surface area contributed by atoms with Crippen molar-refractivity contribution in [3.63, 3.8) is 0 Å². The molecule has 2 nitrogen and oxygen atoms in total. The largest absolute Gasteiger partial charge is 0.495 e. The zero-order chi connectivity index (χ0) is 8.55. The molecule has 0 amide bonds. The van der Waals surface area contributed by atoms with Gasteiger partial charge in [0, 0.05) is 6.42 Å². The molecule has 2 aliphatic heterocycles. The first-order chi connectivity index (χ1) is 5.75. The van der Waals surface area contributed by atoms with Crippen LogP contribution in [-0.4, -0.2) is 18.3 Å². The van der Waals surface area contributed by atoms with Crippen LogP contribution in [0, 0.1) is 0 Å². The van der Waals surface area contributed by atoms with Crippen LogP contribution in [0.3, 0.4) is 0 Å². The van der Waals surface area contributed by atoms with Crippen molar-refractivity contribution in [3.8, 4) is 0 Å². The lowest BCUT2D eigenvalue weighted by Gasteiger charge is -2.17. The molecule has 0 aromatic carbocycles. The molecular formula is C10H16O2. The van der Waals surface area contributed by atoms with Crippen LogP contribution in [0.4, 0.5) is 0 Å². The Morgan fingerprint density at radius 1 is 1.42 bits per heavy atom. The van der Waals surface area contributed by atoms with Crippen molar-refractivity contribution in [1.82, 2.24) is 0 Å². The number of rotatable bonds is 2. The predicted molar refractivity (Wildman–Crippen MR) is 46.8 cm³/mol. The van der Waals surface area contributed by atoms with E-state index in [0.717, 1.165) is 6.42 Å². The van der Waals surface area contributed by atoms with Crippen molar-refractivity contribution >= 4 is 0 Å². The molecular weight excluding hydrogens is 152 g/mol. The van der Waals surface area contributed by atoms with Gasteiger partial charge in [-0.1, -0.05) is 0 Å². The van der Waals surface area contributed by atoms with E-state index >= 15 is 0 Å². The van der Waals surface area contributed by atoms with E-state index in [4.69, 9.17) is 9.47 Å². The summed E-state index contributed by atoms with van der Waals surface area (Å²) in [7, 11) is 0. The summed E-state index contributed by atoms with van der Waals surface area (Å²) in [5.41, 5.74) is 1.22. The van der Waals surface area contributed by atoms with Gasteiger partial charge in [-0.3, -0.25) is 0 Å². The molecule has 0 saturated carbocycles. The maximum absolute atomic E-state index is 5.66. The van der Waals surface area contributed by atoms with Crippen molar-refractivity contribution in [1.29, 1.82) is 0 Å². The Hall–Kier alpha value is -0.500. The highest BCUT2D eigenvalue weighted by atomic mass is 16.6. The van der Waals surface area contributed by atoms with Crippen LogP contribution in [0.5, 0.6) is 0 Å². The molecule has 0 spiro atoms. The first-order valence-corrected chi connectivity index (χ1v) is 4.70. The number of ether oxygens (including phenoxy) is 2. The highest BCUT2D eigenvalue weighted by molar-refractivity contribution is 4.94. The fourth-order valence-electron chi connectivity index (χ4n) is 1.96. The minimum absolute atomic E-state index is 0.332. The summed E-state index contributed by atoms with van der Waals surface area (Å²) >= 11 is 0. The SMILES string of the molecule is CC(C)=COC1CC2CCC1O2. The summed E-state index contributed by atoms with van der Waals surface area (Å²) in [6, 6.07) is 0. The van der Waals surface area contributed by atoms with Crippen molar-refractivity contribution in [2.24, 2.45) is 0 Å². The Morgan fingerprint density at radius 3 is 2.75 bits per heavy atom. The average molecular weight is 168 g/mol. The first kappa shape index (κ1) is 8.11. The molecule has 2 heteroatoms. The molecule has 2 fully saturated rings. The van der Waals surface area contributed by atoms with Crippen molar-refractivity contribution in [3.05, 3.63) is 11.8 Å². The Kier molecular flexibility index (Phi) is 2.09. The van der Waals surface area contributed by atoms with Gasteiger partial charge in [0.05, 0.1) is 18.5 Å². The Bertz CT molecular complexity index is 194. The molecule has 0 aliphatic carbocycles. The fourth-order valence-corrected chi connectivity index (χ4v) is 1.96. The molecule has 12 heavy (non-hydrogen) atoms. The van der Waals surface area contributed by atoms with E-state index in [9.17, 15) is 0 Å². The fraction of sp³-hybridized carbons (Fsp3) is 0.800. The third-order valence-electron chi connectivity index (χ3n) is 2.53. The molecule has 3 atom stereocenters. The van der Waals surface area contributed by atoms with Crippen LogP contribution in [0.2, 0.25) is 0 Å². The van der Waals surface area contributed by atoms with Crippen molar-refractivity contribution in [2.75, 3.05) is 0 Å². The molecule has 0 aromatic rings. The van der Waals surface area contributed by atoms with Gasteiger partial charge in [-0.2, -0.15) is 0 Å². The summed E-state index contributed by atoms with van der Waals surface area (Å²) < 4.78 is 11.3. The van der Waals surface area contributed by atoms with Crippen LogP contribution >= 0.6 is 0 Å². The van der Waals surface area contributed by atoms with Crippen LogP contribution in [0.1, 0.15) is 33.1 Å². The van der Waals surface area contributed by atoms with Gasteiger partial charge in [-0.05, 0) is 32.3 Å². The van der Waals surface area contributed by atoms with Gasteiger partial charge < -0.3 is 9.47 Å². The van der Waals surface area contributed by atoms with Crippen LogP contribution in [0.15, 0.2) is 11.8 Å². The third kappa shape index (κ3) is 1.48. The van der Waals surface area contributed by atoms with E-state index < -0.39 is 0 Å². The Morgan fingerprint density at radius 2 is 2.25 bits per heavy atom. The summed E-state index contributed by atoms with van der Waals surface area (Å²) in [4.78, 5) is 0. The average Bonchev–Trinajstić information content (AvgIpc) is 2.60. The molecule has 2 bridgehead atoms. The lowest BCUT2D eigenvalue weighted by molar-refractivity contribution is 0.0441. The lowest BCUT2D eigenvalue weighted by atomic mass is 9.98. The molecule has 0 radical (unpaired) electrons. The molecule has 2 aliphatic rings. The van der Waals surface area contributed by atoms with Gasteiger partial charge in [-0.25, -0.2) is 0 Å². The highest BCUT2D eigenvalue weighted by Gasteiger charge is 2.41. The first-order valence-electron chi connectivity index (χ1n) is 4.70. The van der Waals surface area contributed by atoms with E-state index in [2.05, 4.69) is 0 Å². The van der Waals surface area contributed by atoms with Crippen LogP contribution in [0.25, 0.3) is 0 Å². The second kappa shape index (κ2) is 3.09. The summed E-state index contributed by atoms with van der Waals surface area (Å²) in [6.45, 7) is 4.10. The molecule has 3 unspecified atom stereocenters. The van der Waals surface area contributed by atoms with Gasteiger partial charge in [0.2, 0.25) is 0 Å². The minimum atomic E-state index is 0.332. The highest BCUT2D eigenvalue weighted by Crippen LogP contribution is 2.36. The van der Waals surface area contributed by atoms with Gasteiger partial charge in [0.1, 0.15) is 6.10 Å². The smallest absolute Gasteiger partial charge is 0.126 e. The van der Waals surface area contributed by atoms with E-state index in [0.29, 0.717) is 18.3 Å². The predicted octanol–water partition coefficient (Wildman–Crippen LogP) is 2.25. The summed E-state index contributed by atoms with van der Waals surface area (Å²) in [5.74, 6) is 0. The molecule has 68 valence electrons. The standard InChI is InChI=1S/C10H16O2/c1-7(2)6-11-10-5-8-3-4-9(10)12-8/h6,8-10H,3-5H2,1-2H3. The lowest BCUT2D eigenvalue weighted by Crippen LogP contribution is -2.23.